The second-order valence-electron chi connectivity index (χ2n) is 7.68. The largest absolute Gasteiger partial charge is 0.486 e. The van der Waals surface area contributed by atoms with Crippen LogP contribution in [0.1, 0.15) is 13.3 Å². The van der Waals surface area contributed by atoms with Crippen LogP contribution in [0.5, 0.6) is 17.2 Å². The van der Waals surface area contributed by atoms with Crippen LogP contribution in [-0.2, 0) is 14.4 Å². The highest BCUT2D eigenvalue weighted by Gasteiger charge is 2.36. The first-order chi connectivity index (χ1) is 15.0. The fraction of sp³-hybridized carbons (Fsp3) is 0.318. The van der Waals surface area contributed by atoms with E-state index >= 15 is 0 Å². The Labute approximate surface area is 178 Å². The average Bonchev–Trinajstić information content (AvgIpc) is 3.16. The van der Waals surface area contributed by atoms with Crippen molar-refractivity contribution >= 4 is 34.8 Å². The molecule has 5 rings (SSSR count). The highest BCUT2D eigenvalue weighted by atomic mass is 16.6. The third-order valence-electron chi connectivity index (χ3n) is 5.51. The molecule has 0 unspecified atom stereocenters. The van der Waals surface area contributed by atoms with Gasteiger partial charge in [0, 0.05) is 30.4 Å². The lowest BCUT2D eigenvalue weighted by Gasteiger charge is -2.24. The molecule has 0 aromatic heterocycles. The fourth-order valence-corrected chi connectivity index (χ4v) is 3.86. The molecule has 9 heteroatoms. The quantitative estimate of drug-likeness (QED) is 0.784. The third kappa shape index (κ3) is 3.63. The molecule has 3 aliphatic heterocycles. The van der Waals surface area contributed by atoms with Gasteiger partial charge in [-0.25, -0.2) is 0 Å². The Morgan fingerprint density at radius 3 is 2.68 bits per heavy atom. The van der Waals surface area contributed by atoms with E-state index in [-0.39, 0.29) is 30.7 Å². The van der Waals surface area contributed by atoms with Gasteiger partial charge in [0.05, 0.1) is 11.6 Å². The summed E-state index contributed by atoms with van der Waals surface area (Å²) in [5, 5.41) is 5.59. The van der Waals surface area contributed by atoms with Gasteiger partial charge < -0.3 is 29.7 Å². The van der Waals surface area contributed by atoms with Crippen LogP contribution in [0.15, 0.2) is 36.4 Å². The molecule has 1 fully saturated rings. The molecule has 3 amide bonds. The number of anilines is 3. The van der Waals surface area contributed by atoms with Crippen molar-refractivity contribution in [2.75, 3.05) is 35.3 Å². The number of hydrogen-bond acceptors (Lipinski definition) is 6. The fourth-order valence-electron chi connectivity index (χ4n) is 3.86. The van der Waals surface area contributed by atoms with E-state index in [9.17, 15) is 14.4 Å². The zero-order chi connectivity index (χ0) is 21.5. The van der Waals surface area contributed by atoms with E-state index in [0.29, 0.717) is 47.5 Å². The number of carbonyl (C=O) groups excluding carboxylic acids is 3. The van der Waals surface area contributed by atoms with Crippen molar-refractivity contribution in [1.82, 2.24) is 0 Å². The lowest BCUT2D eigenvalue weighted by atomic mass is 10.1. The number of amides is 3. The molecule has 0 bridgehead atoms. The summed E-state index contributed by atoms with van der Waals surface area (Å²) in [5.41, 5.74) is 1.70. The molecule has 160 valence electrons. The summed E-state index contributed by atoms with van der Waals surface area (Å²) in [6, 6.07) is 10.4. The lowest BCUT2D eigenvalue weighted by Crippen LogP contribution is -2.34. The van der Waals surface area contributed by atoms with E-state index < -0.39 is 12.0 Å². The first kappa shape index (κ1) is 19.2. The Morgan fingerprint density at radius 1 is 1.06 bits per heavy atom. The molecule has 0 radical (unpaired) electrons. The predicted molar refractivity (Wildman–Crippen MR) is 112 cm³/mol. The molecule has 31 heavy (non-hydrogen) atoms. The van der Waals surface area contributed by atoms with E-state index in [2.05, 4.69) is 10.6 Å². The average molecular weight is 423 g/mol. The zero-order valence-corrected chi connectivity index (χ0v) is 16.8. The summed E-state index contributed by atoms with van der Waals surface area (Å²) in [5.74, 6) is 0.661. The van der Waals surface area contributed by atoms with Crippen LogP contribution in [0, 0.1) is 5.92 Å². The van der Waals surface area contributed by atoms with Gasteiger partial charge in [-0.2, -0.15) is 0 Å². The number of ether oxygens (including phenoxy) is 3. The zero-order valence-electron chi connectivity index (χ0n) is 16.8. The smallest absolute Gasteiger partial charge is 0.265 e. The maximum Gasteiger partial charge on any atom is 0.265 e. The van der Waals surface area contributed by atoms with Gasteiger partial charge in [0.1, 0.15) is 19.0 Å². The van der Waals surface area contributed by atoms with Crippen LogP contribution in [-0.4, -0.2) is 43.6 Å². The molecule has 1 saturated heterocycles. The predicted octanol–water partition coefficient (Wildman–Crippen LogP) is 2.17. The van der Waals surface area contributed by atoms with Crippen molar-refractivity contribution in [3.05, 3.63) is 36.4 Å². The van der Waals surface area contributed by atoms with Crippen LogP contribution in [0.2, 0.25) is 0 Å². The number of hydrogen-bond donors (Lipinski definition) is 2. The van der Waals surface area contributed by atoms with Gasteiger partial charge in [-0.3, -0.25) is 14.4 Å². The van der Waals surface area contributed by atoms with Crippen LogP contribution in [0.3, 0.4) is 0 Å². The Balaban J connectivity index is 1.28. The second kappa shape index (κ2) is 7.50. The minimum absolute atomic E-state index is 0.114. The Hall–Kier alpha value is -3.75. The number of nitrogens with one attached hydrogen (secondary N) is 2. The highest BCUT2D eigenvalue weighted by Crippen LogP contribution is 2.36. The monoisotopic (exact) mass is 423 g/mol. The van der Waals surface area contributed by atoms with Crippen molar-refractivity contribution < 1.29 is 28.6 Å². The van der Waals surface area contributed by atoms with Gasteiger partial charge in [0.2, 0.25) is 11.8 Å². The minimum atomic E-state index is -0.566. The number of nitrogens with zero attached hydrogens (tertiary/aromatic N) is 1. The standard InChI is InChI=1S/C22H21N3O6/c1-12-21(27)24-16-9-14(2-4-17(16)31-12)23-22(28)13-8-20(26)25(11-13)15-3-5-18-19(10-15)30-7-6-29-18/h2-5,9-10,12-13H,6-8,11H2,1H3,(H,23,28)(H,24,27)/t12-,13+/m0/s1. The molecule has 9 nitrogen and oxygen atoms in total. The SMILES string of the molecule is C[C@@H]1Oc2ccc(NC(=O)[C@@H]3CC(=O)N(c4ccc5c(c4)OCCO5)C3)cc2NC1=O. The van der Waals surface area contributed by atoms with Crippen molar-refractivity contribution in [3.63, 3.8) is 0 Å². The number of fused-ring (bicyclic) bond motifs is 2. The number of carbonyl (C=O) groups is 3. The van der Waals surface area contributed by atoms with Gasteiger partial charge in [-0.1, -0.05) is 0 Å². The van der Waals surface area contributed by atoms with E-state index in [4.69, 9.17) is 14.2 Å². The molecule has 2 aromatic rings. The summed E-state index contributed by atoms with van der Waals surface area (Å²) in [7, 11) is 0. The first-order valence-corrected chi connectivity index (χ1v) is 10.1. The van der Waals surface area contributed by atoms with Gasteiger partial charge in [-0.15, -0.1) is 0 Å². The van der Waals surface area contributed by atoms with Gasteiger partial charge in [-0.05, 0) is 37.3 Å². The molecular weight excluding hydrogens is 402 g/mol. The van der Waals surface area contributed by atoms with Crippen molar-refractivity contribution in [2.24, 2.45) is 5.92 Å². The third-order valence-corrected chi connectivity index (χ3v) is 5.51. The summed E-state index contributed by atoms with van der Waals surface area (Å²) in [4.78, 5) is 38.8. The van der Waals surface area contributed by atoms with Crippen LogP contribution < -0.4 is 29.7 Å². The normalized spacial score (nSPS) is 21.8. The maximum absolute atomic E-state index is 12.8. The van der Waals surface area contributed by atoms with E-state index in [1.165, 1.54) is 0 Å². The number of benzene rings is 2. The summed E-state index contributed by atoms with van der Waals surface area (Å²) in [6.07, 6.45) is -0.452. The van der Waals surface area contributed by atoms with E-state index in [0.717, 1.165) is 0 Å². The molecule has 2 atom stereocenters. The van der Waals surface area contributed by atoms with E-state index in [1.807, 2.05) is 0 Å². The van der Waals surface area contributed by atoms with Crippen LogP contribution in [0.4, 0.5) is 17.1 Å². The van der Waals surface area contributed by atoms with Crippen molar-refractivity contribution in [2.45, 2.75) is 19.4 Å². The van der Waals surface area contributed by atoms with Crippen molar-refractivity contribution in [3.8, 4) is 17.2 Å². The Bertz CT molecular complexity index is 1080. The minimum Gasteiger partial charge on any atom is -0.486 e. The van der Waals surface area contributed by atoms with Crippen LogP contribution >= 0.6 is 0 Å². The molecule has 3 heterocycles. The Kier molecular flexibility index (Phi) is 4.65. The molecule has 2 aromatic carbocycles. The highest BCUT2D eigenvalue weighted by molar-refractivity contribution is 6.04. The van der Waals surface area contributed by atoms with Crippen molar-refractivity contribution in [1.29, 1.82) is 0 Å². The number of rotatable bonds is 3. The van der Waals surface area contributed by atoms with Gasteiger partial charge >= 0.3 is 0 Å². The molecular formula is C22H21N3O6. The Morgan fingerprint density at radius 2 is 1.84 bits per heavy atom. The van der Waals surface area contributed by atoms with Gasteiger partial charge in [0.25, 0.3) is 5.91 Å². The molecule has 0 spiro atoms. The van der Waals surface area contributed by atoms with Crippen LogP contribution in [0.25, 0.3) is 0 Å². The summed E-state index contributed by atoms with van der Waals surface area (Å²) in [6.45, 7) is 2.89. The lowest BCUT2D eigenvalue weighted by molar-refractivity contribution is -0.122. The molecule has 0 saturated carbocycles. The first-order valence-electron chi connectivity index (χ1n) is 10.1. The van der Waals surface area contributed by atoms with Gasteiger partial charge in [0.15, 0.2) is 17.6 Å². The molecule has 3 aliphatic rings. The maximum atomic E-state index is 12.8. The summed E-state index contributed by atoms with van der Waals surface area (Å²) >= 11 is 0. The summed E-state index contributed by atoms with van der Waals surface area (Å²) < 4.78 is 16.6. The molecule has 2 N–H and O–H groups in total. The van der Waals surface area contributed by atoms with E-state index in [1.54, 1.807) is 48.2 Å². The second-order valence-corrected chi connectivity index (χ2v) is 7.68. The topological polar surface area (TPSA) is 106 Å². The molecule has 0 aliphatic carbocycles.